The zero-order chi connectivity index (χ0) is 18.1. The number of halogens is 1. The first kappa shape index (κ1) is 16.5. The van der Waals surface area contributed by atoms with Gasteiger partial charge in [0.15, 0.2) is 5.65 Å². The molecule has 4 rings (SSSR count). The summed E-state index contributed by atoms with van der Waals surface area (Å²) < 4.78 is 16.0. The quantitative estimate of drug-likeness (QED) is 0.786. The third kappa shape index (κ3) is 3.12. The summed E-state index contributed by atoms with van der Waals surface area (Å²) in [7, 11) is 0. The highest BCUT2D eigenvalue weighted by atomic mass is 19.1. The first-order valence-electron chi connectivity index (χ1n) is 8.73. The van der Waals surface area contributed by atoms with Crippen LogP contribution in [0.25, 0.3) is 16.9 Å². The van der Waals surface area contributed by atoms with Gasteiger partial charge in [0.25, 0.3) is 0 Å². The summed E-state index contributed by atoms with van der Waals surface area (Å²) >= 11 is 0. The molecular formula is C19H20FN5O. The second kappa shape index (κ2) is 6.74. The van der Waals surface area contributed by atoms with Crippen LogP contribution in [0.4, 0.5) is 10.2 Å². The van der Waals surface area contributed by atoms with Crippen LogP contribution in [0, 0.1) is 5.82 Å². The minimum absolute atomic E-state index is 0.00340. The molecule has 7 heteroatoms. The molecule has 1 N–H and O–H groups in total. The molecule has 134 valence electrons. The average Bonchev–Trinajstić information content (AvgIpc) is 3.10. The second-order valence-corrected chi connectivity index (χ2v) is 6.54. The number of hydrogen-bond donors (Lipinski definition) is 1. The van der Waals surface area contributed by atoms with Gasteiger partial charge in [-0.05, 0) is 25.0 Å². The molecule has 2 aromatic heterocycles. The molecule has 1 aliphatic heterocycles. The molecule has 0 atom stereocenters. The summed E-state index contributed by atoms with van der Waals surface area (Å²) in [5.41, 5.74) is 1.76. The summed E-state index contributed by atoms with van der Waals surface area (Å²) in [5, 5.41) is 7.35. The highest BCUT2D eigenvalue weighted by Gasteiger charge is 2.23. The summed E-state index contributed by atoms with van der Waals surface area (Å²) in [6.45, 7) is 3.13. The number of nitrogens with one attached hydrogen (secondary N) is 1. The van der Waals surface area contributed by atoms with Crippen molar-refractivity contribution in [1.82, 2.24) is 19.9 Å². The lowest BCUT2D eigenvalue weighted by atomic mass is 10.0. The Balaban J connectivity index is 1.68. The maximum atomic E-state index is 14.2. The normalized spacial score (nSPS) is 15.4. The lowest BCUT2D eigenvalue weighted by Crippen LogP contribution is -2.44. The summed E-state index contributed by atoms with van der Waals surface area (Å²) in [5.74, 6) is 0.599. The van der Waals surface area contributed by atoms with E-state index < -0.39 is 0 Å². The molecule has 1 aromatic carbocycles. The van der Waals surface area contributed by atoms with E-state index in [0.29, 0.717) is 16.9 Å². The standard InChI is InChI=1S/C19H20FN5O/c1-13(26)22-14-7-10-24(11-8-14)19-12-17(15-4-2-3-5-16(15)20)23-18-6-9-21-25(18)19/h2-6,9,12,14H,7-8,10-11H2,1H3,(H,22,26). The van der Waals surface area contributed by atoms with Crippen LogP contribution in [0.3, 0.4) is 0 Å². The number of fused-ring (bicyclic) bond motifs is 1. The zero-order valence-corrected chi connectivity index (χ0v) is 14.5. The number of hydrogen-bond acceptors (Lipinski definition) is 4. The van der Waals surface area contributed by atoms with Crippen molar-refractivity contribution in [3.63, 3.8) is 0 Å². The van der Waals surface area contributed by atoms with Crippen molar-refractivity contribution in [2.75, 3.05) is 18.0 Å². The number of carbonyl (C=O) groups is 1. The van der Waals surface area contributed by atoms with Crippen molar-refractivity contribution in [2.24, 2.45) is 0 Å². The minimum atomic E-state index is -0.292. The molecule has 0 spiro atoms. The highest BCUT2D eigenvalue weighted by Crippen LogP contribution is 2.28. The van der Waals surface area contributed by atoms with Crippen molar-refractivity contribution in [3.8, 4) is 11.3 Å². The number of nitrogens with zero attached hydrogens (tertiary/aromatic N) is 4. The number of piperidine rings is 1. The smallest absolute Gasteiger partial charge is 0.217 e. The SMILES string of the molecule is CC(=O)NC1CCN(c2cc(-c3ccccc3F)nc3ccnn23)CC1. The van der Waals surface area contributed by atoms with Crippen molar-refractivity contribution in [3.05, 3.63) is 48.4 Å². The molecule has 1 amide bonds. The first-order valence-corrected chi connectivity index (χ1v) is 8.73. The van der Waals surface area contributed by atoms with Gasteiger partial charge in [-0.3, -0.25) is 4.79 Å². The third-order valence-corrected chi connectivity index (χ3v) is 4.72. The van der Waals surface area contributed by atoms with E-state index in [2.05, 4.69) is 20.3 Å². The van der Waals surface area contributed by atoms with Gasteiger partial charge in [0.2, 0.25) is 5.91 Å². The molecule has 1 saturated heterocycles. The molecule has 3 aromatic rings. The van der Waals surface area contributed by atoms with Gasteiger partial charge in [-0.15, -0.1) is 0 Å². The fourth-order valence-electron chi connectivity index (χ4n) is 3.47. The predicted octanol–water partition coefficient (Wildman–Crippen LogP) is 2.64. The molecule has 0 radical (unpaired) electrons. The molecule has 1 aliphatic rings. The molecule has 0 aliphatic carbocycles. The maximum absolute atomic E-state index is 14.2. The number of rotatable bonds is 3. The molecule has 6 nitrogen and oxygen atoms in total. The number of anilines is 1. The Morgan fingerprint density at radius 2 is 2.00 bits per heavy atom. The maximum Gasteiger partial charge on any atom is 0.217 e. The summed E-state index contributed by atoms with van der Waals surface area (Å²) in [4.78, 5) is 18.0. The fraction of sp³-hybridized carbons (Fsp3) is 0.316. The molecule has 0 saturated carbocycles. The van der Waals surface area contributed by atoms with Gasteiger partial charge in [-0.25, -0.2) is 9.37 Å². The Labute approximate surface area is 150 Å². The minimum Gasteiger partial charge on any atom is -0.356 e. The van der Waals surface area contributed by atoms with Crippen LogP contribution < -0.4 is 10.2 Å². The van der Waals surface area contributed by atoms with Gasteiger partial charge in [-0.2, -0.15) is 9.61 Å². The summed E-state index contributed by atoms with van der Waals surface area (Å²) in [6, 6.07) is 10.6. The van der Waals surface area contributed by atoms with E-state index in [1.54, 1.807) is 35.8 Å². The number of carbonyl (C=O) groups excluding carboxylic acids is 1. The van der Waals surface area contributed by atoms with E-state index in [4.69, 9.17) is 0 Å². The molecule has 0 unspecified atom stereocenters. The van der Waals surface area contributed by atoms with Gasteiger partial charge >= 0.3 is 0 Å². The van der Waals surface area contributed by atoms with E-state index in [9.17, 15) is 9.18 Å². The van der Waals surface area contributed by atoms with E-state index in [0.717, 1.165) is 31.7 Å². The highest BCUT2D eigenvalue weighted by molar-refractivity contribution is 5.73. The Kier molecular flexibility index (Phi) is 4.28. The van der Waals surface area contributed by atoms with E-state index in [1.807, 2.05) is 12.1 Å². The predicted molar refractivity (Wildman–Crippen MR) is 97.4 cm³/mol. The largest absolute Gasteiger partial charge is 0.356 e. The van der Waals surface area contributed by atoms with Crippen LogP contribution >= 0.6 is 0 Å². The Morgan fingerprint density at radius 1 is 1.23 bits per heavy atom. The monoisotopic (exact) mass is 353 g/mol. The average molecular weight is 353 g/mol. The van der Waals surface area contributed by atoms with Crippen LogP contribution in [-0.4, -0.2) is 39.6 Å². The van der Waals surface area contributed by atoms with E-state index >= 15 is 0 Å². The summed E-state index contributed by atoms with van der Waals surface area (Å²) in [6.07, 6.45) is 3.42. The van der Waals surface area contributed by atoms with Gasteiger partial charge in [0.1, 0.15) is 11.6 Å². The molecule has 26 heavy (non-hydrogen) atoms. The zero-order valence-electron chi connectivity index (χ0n) is 14.5. The number of benzene rings is 1. The van der Waals surface area contributed by atoms with Crippen LogP contribution in [0.15, 0.2) is 42.6 Å². The van der Waals surface area contributed by atoms with Crippen LogP contribution in [-0.2, 0) is 4.79 Å². The topological polar surface area (TPSA) is 62.5 Å². The van der Waals surface area contributed by atoms with E-state index in [-0.39, 0.29) is 17.8 Å². The van der Waals surface area contributed by atoms with Gasteiger partial charge in [0, 0.05) is 43.8 Å². The molecular weight excluding hydrogens is 333 g/mol. The van der Waals surface area contributed by atoms with Gasteiger partial charge < -0.3 is 10.2 Å². The third-order valence-electron chi connectivity index (χ3n) is 4.72. The molecule has 0 bridgehead atoms. The Morgan fingerprint density at radius 3 is 2.73 bits per heavy atom. The van der Waals surface area contributed by atoms with Crippen molar-refractivity contribution in [1.29, 1.82) is 0 Å². The Hall–Kier alpha value is -2.96. The van der Waals surface area contributed by atoms with Crippen LogP contribution in [0.1, 0.15) is 19.8 Å². The van der Waals surface area contributed by atoms with Crippen LogP contribution in [0.5, 0.6) is 0 Å². The van der Waals surface area contributed by atoms with Crippen molar-refractivity contribution < 1.29 is 9.18 Å². The van der Waals surface area contributed by atoms with Crippen molar-refractivity contribution >= 4 is 17.4 Å². The number of amides is 1. The lowest BCUT2D eigenvalue weighted by molar-refractivity contribution is -0.119. The van der Waals surface area contributed by atoms with Gasteiger partial charge in [0.05, 0.1) is 11.9 Å². The van der Waals surface area contributed by atoms with E-state index in [1.165, 1.54) is 6.07 Å². The fourth-order valence-corrected chi connectivity index (χ4v) is 3.47. The lowest BCUT2D eigenvalue weighted by Gasteiger charge is -2.33. The second-order valence-electron chi connectivity index (χ2n) is 6.54. The first-order chi connectivity index (χ1) is 12.6. The Bertz CT molecular complexity index is 946. The van der Waals surface area contributed by atoms with Crippen molar-refractivity contribution in [2.45, 2.75) is 25.8 Å². The number of aromatic nitrogens is 3. The van der Waals surface area contributed by atoms with Crippen LogP contribution in [0.2, 0.25) is 0 Å². The molecule has 3 heterocycles. The molecule has 1 fully saturated rings. The van der Waals surface area contributed by atoms with Gasteiger partial charge in [-0.1, -0.05) is 12.1 Å².